The predicted molar refractivity (Wildman–Crippen MR) is 45.6 cm³/mol. The second kappa shape index (κ2) is 2.47. The highest BCUT2D eigenvalue weighted by Gasteiger charge is 2.62. The molecule has 3 heteroatoms. The van der Waals surface area contributed by atoms with Crippen molar-refractivity contribution in [3.8, 4) is 6.07 Å². The molecule has 2 aliphatic carbocycles. The van der Waals surface area contributed by atoms with Crippen molar-refractivity contribution in [3.63, 3.8) is 0 Å². The number of nitrogens with zero attached hydrogens (tertiary/aromatic N) is 1. The third-order valence-electron chi connectivity index (χ3n) is 3.56. The summed E-state index contributed by atoms with van der Waals surface area (Å²) in [5.74, 6) is -0.340. The number of methoxy groups -OCH3 is 1. The first-order valence-corrected chi connectivity index (χ1v) is 4.66. The van der Waals surface area contributed by atoms with E-state index in [0.717, 1.165) is 12.8 Å². The smallest absolute Gasteiger partial charge is 0.326 e. The molecule has 0 atom stereocenters. The SMILES string of the molecule is COC(=O)C1(C#N)CC2(CCC2)C1. The number of carbonyl (C=O) groups is 1. The zero-order valence-electron chi connectivity index (χ0n) is 7.80. The third-order valence-corrected chi connectivity index (χ3v) is 3.56. The number of carbonyl (C=O) groups excluding carboxylic acids is 1. The van der Waals surface area contributed by atoms with Crippen molar-refractivity contribution >= 4 is 5.97 Å². The molecule has 1 spiro atoms. The number of rotatable bonds is 1. The summed E-state index contributed by atoms with van der Waals surface area (Å²) in [5, 5.41) is 8.94. The maximum absolute atomic E-state index is 11.3. The Morgan fingerprint density at radius 2 is 2.08 bits per heavy atom. The molecule has 13 heavy (non-hydrogen) atoms. The molecule has 0 radical (unpaired) electrons. The predicted octanol–water partition coefficient (Wildman–Crippen LogP) is 1.63. The molecule has 0 aromatic rings. The van der Waals surface area contributed by atoms with E-state index in [-0.39, 0.29) is 5.97 Å². The van der Waals surface area contributed by atoms with E-state index >= 15 is 0 Å². The van der Waals surface area contributed by atoms with Crippen LogP contribution in [0.1, 0.15) is 32.1 Å². The molecule has 0 amide bonds. The Kier molecular flexibility index (Phi) is 1.63. The van der Waals surface area contributed by atoms with Gasteiger partial charge in [-0.05, 0) is 31.1 Å². The summed E-state index contributed by atoms with van der Waals surface area (Å²) < 4.78 is 4.65. The van der Waals surface area contributed by atoms with Crippen LogP contribution in [0.2, 0.25) is 0 Å². The van der Waals surface area contributed by atoms with Crippen LogP contribution in [0.3, 0.4) is 0 Å². The van der Waals surface area contributed by atoms with Crippen LogP contribution in [0.15, 0.2) is 0 Å². The lowest BCUT2D eigenvalue weighted by atomic mass is 9.46. The van der Waals surface area contributed by atoms with Crippen LogP contribution >= 0.6 is 0 Å². The van der Waals surface area contributed by atoms with Crippen LogP contribution < -0.4 is 0 Å². The summed E-state index contributed by atoms with van der Waals surface area (Å²) >= 11 is 0. The zero-order valence-corrected chi connectivity index (χ0v) is 7.80. The summed E-state index contributed by atoms with van der Waals surface area (Å²) in [4.78, 5) is 11.3. The molecule has 0 heterocycles. The number of ether oxygens (including phenoxy) is 1. The van der Waals surface area contributed by atoms with Crippen molar-refractivity contribution in [1.29, 1.82) is 5.26 Å². The van der Waals surface area contributed by atoms with Gasteiger partial charge in [0.15, 0.2) is 5.41 Å². The molecular weight excluding hydrogens is 166 g/mol. The summed E-state index contributed by atoms with van der Waals surface area (Å²) in [5.41, 5.74) is -0.459. The second-order valence-electron chi connectivity index (χ2n) is 4.39. The van der Waals surface area contributed by atoms with Gasteiger partial charge in [-0.25, -0.2) is 0 Å². The highest BCUT2D eigenvalue weighted by atomic mass is 16.5. The Morgan fingerprint density at radius 3 is 2.38 bits per heavy atom. The highest BCUT2D eigenvalue weighted by Crippen LogP contribution is 2.64. The van der Waals surface area contributed by atoms with Gasteiger partial charge in [0.05, 0.1) is 13.2 Å². The van der Waals surface area contributed by atoms with Gasteiger partial charge in [0.25, 0.3) is 0 Å². The van der Waals surface area contributed by atoms with Crippen molar-refractivity contribution in [2.75, 3.05) is 7.11 Å². The van der Waals surface area contributed by atoms with Crippen molar-refractivity contribution < 1.29 is 9.53 Å². The highest BCUT2D eigenvalue weighted by molar-refractivity contribution is 5.81. The average molecular weight is 179 g/mol. The fourth-order valence-corrected chi connectivity index (χ4v) is 2.72. The standard InChI is InChI=1S/C10H13NO2/c1-13-8(12)10(7-11)5-9(6-10)3-2-4-9/h2-6H2,1H3. The van der Waals surface area contributed by atoms with Gasteiger partial charge in [-0.2, -0.15) is 5.26 Å². The lowest BCUT2D eigenvalue weighted by Gasteiger charge is -2.56. The minimum atomic E-state index is -0.796. The van der Waals surface area contributed by atoms with E-state index < -0.39 is 5.41 Å². The Labute approximate surface area is 77.7 Å². The largest absolute Gasteiger partial charge is 0.468 e. The minimum absolute atomic E-state index is 0.337. The maximum atomic E-state index is 11.3. The molecule has 0 aromatic carbocycles. The molecule has 0 bridgehead atoms. The number of hydrogen-bond acceptors (Lipinski definition) is 3. The van der Waals surface area contributed by atoms with E-state index in [1.807, 2.05) is 0 Å². The molecule has 0 aliphatic heterocycles. The zero-order chi connectivity index (χ0) is 9.53. The molecule has 2 saturated carbocycles. The Hall–Kier alpha value is -1.04. The lowest BCUT2D eigenvalue weighted by Crippen LogP contribution is -2.54. The van der Waals surface area contributed by atoms with Gasteiger partial charge in [0.2, 0.25) is 0 Å². The van der Waals surface area contributed by atoms with Crippen LogP contribution in [0.25, 0.3) is 0 Å². The maximum Gasteiger partial charge on any atom is 0.326 e. The fraction of sp³-hybridized carbons (Fsp3) is 0.800. The first-order valence-electron chi connectivity index (χ1n) is 4.66. The van der Waals surface area contributed by atoms with Gasteiger partial charge < -0.3 is 4.74 Å². The van der Waals surface area contributed by atoms with Gasteiger partial charge in [-0.3, -0.25) is 4.79 Å². The molecule has 2 aliphatic rings. The first kappa shape index (κ1) is 8.55. The molecule has 0 N–H and O–H groups in total. The van der Waals surface area contributed by atoms with Crippen LogP contribution in [0.5, 0.6) is 0 Å². The summed E-state index contributed by atoms with van der Waals surface area (Å²) in [6.07, 6.45) is 5.08. The van der Waals surface area contributed by atoms with Gasteiger partial charge in [-0.1, -0.05) is 6.42 Å². The third kappa shape index (κ3) is 0.980. The minimum Gasteiger partial charge on any atom is -0.468 e. The summed E-state index contributed by atoms with van der Waals surface area (Å²) in [7, 11) is 1.35. The van der Waals surface area contributed by atoms with Crippen molar-refractivity contribution in [2.24, 2.45) is 10.8 Å². The van der Waals surface area contributed by atoms with Crippen molar-refractivity contribution in [3.05, 3.63) is 0 Å². The molecule has 70 valence electrons. The molecule has 2 fully saturated rings. The van der Waals surface area contributed by atoms with E-state index in [0.29, 0.717) is 5.41 Å². The lowest BCUT2D eigenvalue weighted by molar-refractivity contribution is -0.168. The first-order chi connectivity index (χ1) is 6.16. The fourth-order valence-electron chi connectivity index (χ4n) is 2.72. The van der Waals surface area contributed by atoms with Gasteiger partial charge in [0.1, 0.15) is 0 Å². The van der Waals surface area contributed by atoms with Crippen LogP contribution in [-0.2, 0) is 9.53 Å². The van der Waals surface area contributed by atoms with Crippen molar-refractivity contribution in [2.45, 2.75) is 32.1 Å². The summed E-state index contributed by atoms with van der Waals surface area (Å²) in [6.45, 7) is 0. The van der Waals surface area contributed by atoms with Gasteiger partial charge in [0, 0.05) is 0 Å². The van der Waals surface area contributed by atoms with Crippen LogP contribution in [0, 0.1) is 22.2 Å². The Morgan fingerprint density at radius 1 is 1.46 bits per heavy atom. The van der Waals surface area contributed by atoms with Crippen molar-refractivity contribution in [1.82, 2.24) is 0 Å². The van der Waals surface area contributed by atoms with E-state index in [2.05, 4.69) is 10.8 Å². The molecule has 0 aromatic heterocycles. The molecule has 3 nitrogen and oxygen atoms in total. The van der Waals surface area contributed by atoms with E-state index in [9.17, 15) is 4.79 Å². The monoisotopic (exact) mass is 179 g/mol. The molecule has 0 unspecified atom stereocenters. The summed E-state index contributed by atoms with van der Waals surface area (Å²) in [6, 6.07) is 2.11. The second-order valence-corrected chi connectivity index (χ2v) is 4.39. The number of hydrogen-bond donors (Lipinski definition) is 0. The normalized spacial score (nSPS) is 26.8. The van der Waals surface area contributed by atoms with Gasteiger partial charge in [-0.15, -0.1) is 0 Å². The van der Waals surface area contributed by atoms with Crippen LogP contribution in [-0.4, -0.2) is 13.1 Å². The average Bonchev–Trinajstić information content (AvgIpc) is 2.00. The quantitative estimate of drug-likeness (QED) is 0.575. The topological polar surface area (TPSA) is 50.1 Å². The Bertz CT molecular complexity index is 278. The van der Waals surface area contributed by atoms with E-state index in [4.69, 9.17) is 5.26 Å². The number of esters is 1. The molecule has 0 saturated heterocycles. The molecule has 2 rings (SSSR count). The molecular formula is C10H13NO2. The number of nitriles is 1. The van der Waals surface area contributed by atoms with E-state index in [1.165, 1.54) is 26.4 Å². The van der Waals surface area contributed by atoms with Gasteiger partial charge >= 0.3 is 5.97 Å². The van der Waals surface area contributed by atoms with E-state index in [1.54, 1.807) is 0 Å². The van der Waals surface area contributed by atoms with Crippen LogP contribution in [0.4, 0.5) is 0 Å². The Balaban J connectivity index is 2.07.